The van der Waals surface area contributed by atoms with Crippen molar-refractivity contribution in [3.8, 4) is 0 Å². The Bertz CT molecular complexity index is 689. The third-order valence-electron chi connectivity index (χ3n) is 6.57. The van der Waals surface area contributed by atoms with E-state index in [4.69, 9.17) is 56.8 Å². The number of hydrogen-bond donors (Lipinski definition) is 4. The third-order valence-corrected chi connectivity index (χ3v) is 6.57. The molecular weight excluding hydrogens is 652 g/mol. The van der Waals surface area contributed by atoms with Crippen LogP contribution in [0.1, 0.15) is 6.42 Å². The predicted octanol–water partition coefficient (Wildman–Crippen LogP) is -1.38. The van der Waals surface area contributed by atoms with Gasteiger partial charge < -0.3 is 72.2 Å². The summed E-state index contributed by atoms with van der Waals surface area (Å²) in [5.41, 5.74) is 0. The van der Waals surface area contributed by atoms with Gasteiger partial charge in [0.1, 0.15) is 18.7 Å². The zero-order valence-corrected chi connectivity index (χ0v) is 29.5. The average molecular weight is 717 g/mol. The minimum absolute atomic E-state index is 0.359. The third kappa shape index (κ3) is 31.5. The van der Waals surface area contributed by atoms with Crippen LogP contribution in [-0.4, -0.2) is 211 Å². The molecule has 1 heterocycles. The zero-order valence-electron chi connectivity index (χ0n) is 29.5. The number of hydrogen-bond acceptors (Lipinski definition) is 17. The quantitative estimate of drug-likeness (QED) is 0.0330. The molecule has 1 aliphatic heterocycles. The van der Waals surface area contributed by atoms with Crippen molar-refractivity contribution in [1.82, 2.24) is 10.2 Å². The number of nitrogens with zero attached hydrogens (tertiary/aromatic N) is 1. The molecule has 0 spiro atoms. The number of aliphatic hydroxyl groups is 3. The summed E-state index contributed by atoms with van der Waals surface area (Å²) in [7, 11) is 1.64. The SMILES string of the molecule is COCCOCCOCCOCCOCCOCCOCCOCCOCCOCCOCCOCCN[C@H](O)CCN1[C@H](O)C=C[C@@H]1O. The van der Waals surface area contributed by atoms with E-state index in [1.54, 1.807) is 7.11 Å². The second-order valence-corrected chi connectivity index (χ2v) is 10.4. The molecular formula is C32H64N2O15. The zero-order chi connectivity index (χ0) is 35.3. The Balaban J connectivity index is 1.64. The maximum absolute atomic E-state index is 9.96. The van der Waals surface area contributed by atoms with E-state index in [0.717, 1.165) is 0 Å². The largest absolute Gasteiger partial charge is 0.382 e. The van der Waals surface area contributed by atoms with Gasteiger partial charge in [-0.05, 0) is 18.6 Å². The highest BCUT2D eigenvalue weighted by Gasteiger charge is 2.25. The van der Waals surface area contributed by atoms with Crippen molar-refractivity contribution in [1.29, 1.82) is 0 Å². The summed E-state index contributed by atoms with van der Waals surface area (Å²) >= 11 is 0. The van der Waals surface area contributed by atoms with Gasteiger partial charge in [-0.25, -0.2) is 4.90 Å². The smallest absolute Gasteiger partial charge is 0.128 e. The first-order valence-corrected chi connectivity index (χ1v) is 17.2. The van der Waals surface area contributed by atoms with Gasteiger partial charge in [0.15, 0.2) is 0 Å². The van der Waals surface area contributed by atoms with E-state index in [9.17, 15) is 15.3 Å². The fraction of sp³-hybridized carbons (Fsp3) is 0.938. The summed E-state index contributed by atoms with van der Waals surface area (Å²) in [6.45, 7) is 12.3. The van der Waals surface area contributed by atoms with Crippen LogP contribution >= 0.6 is 0 Å². The number of aliphatic hydroxyl groups excluding tert-OH is 3. The lowest BCUT2D eigenvalue weighted by Gasteiger charge is -2.25. The van der Waals surface area contributed by atoms with E-state index in [1.165, 1.54) is 17.1 Å². The number of ether oxygens (including phenoxy) is 12. The monoisotopic (exact) mass is 716 g/mol. The average Bonchev–Trinajstić information content (AvgIpc) is 3.43. The molecule has 0 unspecified atom stereocenters. The van der Waals surface area contributed by atoms with Crippen LogP contribution in [0, 0.1) is 0 Å². The van der Waals surface area contributed by atoms with Crippen molar-refractivity contribution < 1.29 is 72.2 Å². The topological polar surface area (TPSA) is 187 Å². The van der Waals surface area contributed by atoms with E-state index >= 15 is 0 Å². The maximum atomic E-state index is 9.96. The van der Waals surface area contributed by atoms with E-state index in [2.05, 4.69) is 5.32 Å². The van der Waals surface area contributed by atoms with Gasteiger partial charge in [-0.15, -0.1) is 0 Å². The van der Waals surface area contributed by atoms with Gasteiger partial charge >= 0.3 is 0 Å². The molecule has 292 valence electrons. The molecule has 0 aromatic carbocycles. The van der Waals surface area contributed by atoms with E-state index < -0.39 is 18.7 Å². The Morgan fingerprint density at radius 3 is 1.02 bits per heavy atom. The molecule has 3 atom stereocenters. The van der Waals surface area contributed by atoms with Crippen LogP contribution in [0.15, 0.2) is 12.2 Å². The minimum Gasteiger partial charge on any atom is -0.382 e. The standard InChI is InChI=1S/C32H64N2O15/c1-38-8-9-40-12-13-42-16-17-44-20-21-46-24-25-48-28-29-49-27-26-47-23-22-45-19-18-43-15-14-41-11-10-39-7-5-33-30(35)4-6-34-31(36)2-3-32(34)37/h2-3,30-33,35-37H,4-29H2,1H3/t30-,31-,32+/m1/s1. The molecule has 0 amide bonds. The number of methoxy groups -OCH3 is 1. The van der Waals surface area contributed by atoms with Crippen LogP contribution in [0.5, 0.6) is 0 Å². The van der Waals surface area contributed by atoms with E-state index in [-0.39, 0.29) is 0 Å². The molecule has 0 fully saturated rings. The molecule has 0 saturated heterocycles. The summed E-state index contributed by atoms with van der Waals surface area (Å²) in [6.07, 6.45) is 1.02. The summed E-state index contributed by atoms with van der Waals surface area (Å²) in [5.74, 6) is 0. The number of rotatable bonds is 40. The fourth-order valence-electron chi connectivity index (χ4n) is 3.96. The van der Waals surface area contributed by atoms with Crippen molar-refractivity contribution in [2.45, 2.75) is 25.1 Å². The van der Waals surface area contributed by atoms with Gasteiger partial charge in [0.25, 0.3) is 0 Å². The highest BCUT2D eigenvalue weighted by molar-refractivity contribution is 5.01. The molecule has 0 bridgehead atoms. The predicted molar refractivity (Wildman–Crippen MR) is 177 cm³/mol. The molecule has 0 aromatic heterocycles. The molecule has 0 aliphatic carbocycles. The molecule has 49 heavy (non-hydrogen) atoms. The summed E-state index contributed by atoms with van der Waals surface area (Å²) in [5, 5.41) is 32.3. The fourth-order valence-corrected chi connectivity index (χ4v) is 3.96. The highest BCUT2D eigenvalue weighted by atomic mass is 16.6. The van der Waals surface area contributed by atoms with Gasteiger partial charge in [-0.1, -0.05) is 0 Å². The Morgan fingerprint density at radius 2 is 0.735 bits per heavy atom. The van der Waals surface area contributed by atoms with Crippen LogP contribution in [0.25, 0.3) is 0 Å². The van der Waals surface area contributed by atoms with Crippen LogP contribution in [0.2, 0.25) is 0 Å². The minimum atomic E-state index is -0.818. The van der Waals surface area contributed by atoms with Crippen LogP contribution < -0.4 is 5.32 Å². The highest BCUT2D eigenvalue weighted by Crippen LogP contribution is 2.13. The van der Waals surface area contributed by atoms with Crippen molar-refractivity contribution >= 4 is 0 Å². The van der Waals surface area contributed by atoms with Crippen molar-refractivity contribution in [2.24, 2.45) is 0 Å². The normalized spacial score (nSPS) is 17.1. The molecule has 0 radical (unpaired) electrons. The lowest BCUT2D eigenvalue weighted by atomic mass is 10.3. The lowest BCUT2D eigenvalue weighted by molar-refractivity contribution is -0.0475. The molecule has 0 aromatic rings. The Kier molecular flexibility index (Phi) is 34.6. The van der Waals surface area contributed by atoms with Crippen molar-refractivity contribution in [2.75, 3.05) is 172 Å². The first-order chi connectivity index (χ1) is 24.1. The second-order valence-electron chi connectivity index (χ2n) is 10.4. The van der Waals surface area contributed by atoms with E-state index in [1.807, 2.05) is 0 Å². The molecule has 4 N–H and O–H groups in total. The van der Waals surface area contributed by atoms with Crippen molar-refractivity contribution in [3.05, 3.63) is 12.2 Å². The van der Waals surface area contributed by atoms with Gasteiger partial charge in [0, 0.05) is 20.2 Å². The molecule has 1 aliphatic rings. The number of nitrogens with one attached hydrogen (secondary N) is 1. The molecule has 0 saturated carbocycles. The second kappa shape index (κ2) is 36.8. The van der Waals surface area contributed by atoms with Crippen LogP contribution in [0.3, 0.4) is 0 Å². The van der Waals surface area contributed by atoms with Gasteiger partial charge in [-0.3, -0.25) is 5.32 Å². The Labute approximate surface area is 291 Å². The Morgan fingerprint density at radius 1 is 0.469 bits per heavy atom. The lowest BCUT2D eigenvalue weighted by Crippen LogP contribution is -2.41. The first kappa shape index (κ1) is 46.1. The van der Waals surface area contributed by atoms with Crippen LogP contribution in [0.4, 0.5) is 0 Å². The van der Waals surface area contributed by atoms with E-state index in [0.29, 0.717) is 171 Å². The summed E-state index contributed by atoms with van der Waals surface area (Å²) in [6, 6.07) is 0. The maximum Gasteiger partial charge on any atom is 0.128 e. The molecule has 17 heteroatoms. The van der Waals surface area contributed by atoms with Gasteiger partial charge in [0.05, 0.1) is 152 Å². The Hall–Kier alpha value is -0.940. The van der Waals surface area contributed by atoms with Gasteiger partial charge in [-0.2, -0.15) is 0 Å². The summed E-state index contributed by atoms with van der Waals surface area (Å²) in [4.78, 5) is 1.48. The summed E-state index contributed by atoms with van der Waals surface area (Å²) < 4.78 is 64.8. The van der Waals surface area contributed by atoms with Crippen LogP contribution in [-0.2, 0) is 56.8 Å². The first-order valence-electron chi connectivity index (χ1n) is 17.2. The molecule has 17 nitrogen and oxygen atoms in total. The van der Waals surface area contributed by atoms with Crippen molar-refractivity contribution in [3.63, 3.8) is 0 Å². The molecule has 1 rings (SSSR count). The van der Waals surface area contributed by atoms with Gasteiger partial charge in [0.2, 0.25) is 0 Å².